The van der Waals surface area contributed by atoms with E-state index in [1.807, 2.05) is 13.0 Å². The Morgan fingerprint density at radius 1 is 1.08 bits per heavy atom. The highest BCUT2D eigenvalue weighted by Gasteiger charge is 2.10. The number of hydrogen-bond donors (Lipinski definition) is 2. The highest BCUT2D eigenvalue weighted by molar-refractivity contribution is 5.61. The quantitative estimate of drug-likeness (QED) is 0.699. The summed E-state index contributed by atoms with van der Waals surface area (Å²) in [5, 5.41) is 6.63. The number of benzene rings is 1. The zero-order valence-corrected chi connectivity index (χ0v) is 15.8. The Bertz CT molecular complexity index is 683. The van der Waals surface area contributed by atoms with E-state index in [1.54, 1.807) is 7.11 Å². The van der Waals surface area contributed by atoms with Crippen LogP contribution in [0, 0.1) is 6.92 Å². The lowest BCUT2D eigenvalue weighted by molar-refractivity contribution is 0.197. The first kappa shape index (κ1) is 18.5. The van der Waals surface area contributed by atoms with E-state index in [1.165, 1.54) is 24.9 Å². The molecule has 3 rings (SSSR count). The summed E-state index contributed by atoms with van der Waals surface area (Å²) >= 11 is 0. The molecule has 0 spiro atoms. The Morgan fingerprint density at radius 3 is 2.58 bits per heavy atom. The van der Waals surface area contributed by atoms with E-state index in [2.05, 4.69) is 49.8 Å². The fraction of sp³-hybridized carbons (Fsp3) is 0.500. The number of aromatic nitrogens is 2. The molecule has 0 aliphatic carbocycles. The average Bonchev–Trinajstić information content (AvgIpc) is 2.66. The lowest BCUT2D eigenvalue weighted by atomic mass is 10.1. The van der Waals surface area contributed by atoms with E-state index in [0.29, 0.717) is 5.95 Å². The van der Waals surface area contributed by atoms with Crippen molar-refractivity contribution in [3.63, 3.8) is 0 Å². The summed E-state index contributed by atoms with van der Waals surface area (Å²) in [5.41, 5.74) is 3.27. The molecule has 1 aromatic carbocycles. The van der Waals surface area contributed by atoms with Crippen LogP contribution >= 0.6 is 0 Å². The molecule has 6 nitrogen and oxygen atoms in total. The van der Waals surface area contributed by atoms with Gasteiger partial charge in [0.05, 0.1) is 0 Å². The fourth-order valence-electron chi connectivity index (χ4n) is 3.18. The minimum Gasteiger partial charge on any atom is -0.385 e. The Labute approximate surface area is 156 Å². The number of aryl methyl sites for hydroxylation is 1. The first-order chi connectivity index (χ1) is 12.7. The second-order valence-corrected chi connectivity index (χ2v) is 6.71. The van der Waals surface area contributed by atoms with Gasteiger partial charge in [0.1, 0.15) is 5.82 Å². The number of hydrogen-bond acceptors (Lipinski definition) is 6. The minimum atomic E-state index is 0.647. The summed E-state index contributed by atoms with van der Waals surface area (Å²) in [6.45, 7) is 5.83. The fourth-order valence-corrected chi connectivity index (χ4v) is 3.18. The number of anilines is 4. The maximum Gasteiger partial charge on any atom is 0.224 e. The van der Waals surface area contributed by atoms with Gasteiger partial charge in [-0.25, -0.2) is 4.98 Å². The summed E-state index contributed by atoms with van der Waals surface area (Å²) in [4.78, 5) is 11.5. The van der Waals surface area contributed by atoms with Gasteiger partial charge < -0.3 is 20.3 Å². The van der Waals surface area contributed by atoms with Gasteiger partial charge in [-0.2, -0.15) is 4.98 Å². The molecule has 26 heavy (non-hydrogen) atoms. The highest BCUT2D eigenvalue weighted by atomic mass is 16.5. The number of nitrogens with zero attached hydrogens (tertiary/aromatic N) is 3. The topological polar surface area (TPSA) is 62.3 Å². The zero-order valence-electron chi connectivity index (χ0n) is 15.8. The van der Waals surface area contributed by atoms with Gasteiger partial charge in [0.15, 0.2) is 0 Å². The maximum absolute atomic E-state index is 5.06. The van der Waals surface area contributed by atoms with Crippen molar-refractivity contribution < 1.29 is 4.74 Å². The molecule has 1 aromatic heterocycles. The molecular weight excluding hydrogens is 326 g/mol. The minimum absolute atomic E-state index is 0.647. The van der Waals surface area contributed by atoms with Crippen molar-refractivity contribution in [3.8, 4) is 0 Å². The summed E-state index contributed by atoms with van der Waals surface area (Å²) in [6, 6.07) is 10.6. The highest BCUT2D eigenvalue weighted by Crippen LogP contribution is 2.23. The summed E-state index contributed by atoms with van der Waals surface area (Å²) < 4.78 is 5.06. The normalized spacial score (nSPS) is 14.3. The molecule has 1 aliphatic heterocycles. The molecule has 1 fully saturated rings. The first-order valence-corrected chi connectivity index (χ1v) is 9.45. The van der Waals surface area contributed by atoms with Crippen molar-refractivity contribution in [2.45, 2.75) is 32.6 Å². The van der Waals surface area contributed by atoms with Crippen molar-refractivity contribution in [2.24, 2.45) is 0 Å². The maximum atomic E-state index is 5.06. The van der Waals surface area contributed by atoms with E-state index in [4.69, 9.17) is 4.74 Å². The third-order valence-corrected chi connectivity index (χ3v) is 4.52. The van der Waals surface area contributed by atoms with Crippen LogP contribution in [0.2, 0.25) is 0 Å². The van der Waals surface area contributed by atoms with E-state index in [0.717, 1.165) is 49.9 Å². The molecule has 0 atom stereocenters. The molecule has 6 heteroatoms. The second-order valence-electron chi connectivity index (χ2n) is 6.71. The van der Waals surface area contributed by atoms with Gasteiger partial charge >= 0.3 is 0 Å². The molecule has 2 aromatic rings. The lowest BCUT2D eigenvalue weighted by Crippen LogP contribution is -2.29. The Hall–Kier alpha value is -2.34. The third kappa shape index (κ3) is 5.33. The average molecular weight is 355 g/mol. The SMILES string of the molecule is COCCCNc1nc(C)cc(Nc2ccc(N3CCCCC3)cc2)n1. The van der Waals surface area contributed by atoms with Crippen LogP contribution in [0.25, 0.3) is 0 Å². The van der Waals surface area contributed by atoms with Crippen LogP contribution in [-0.2, 0) is 4.74 Å². The van der Waals surface area contributed by atoms with Crippen LogP contribution in [0.15, 0.2) is 30.3 Å². The van der Waals surface area contributed by atoms with Gasteiger partial charge in [0.2, 0.25) is 5.95 Å². The van der Waals surface area contributed by atoms with E-state index < -0.39 is 0 Å². The summed E-state index contributed by atoms with van der Waals surface area (Å²) in [5.74, 6) is 1.45. The molecule has 0 unspecified atom stereocenters. The zero-order chi connectivity index (χ0) is 18.2. The first-order valence-electron chi connectivity index (χ1n) is 9.45. The number of nitrogens with one attached hydrogen (secondary N) is 2. The smallest absolute Gasteiger partial charge is 0.224 e. The Morgan fingerprint density at radius 2 is 1.85 bits per heavy atom. The van der Waals surface area contributed by atoms with Crippen molar-refractivity contribution in [1.29, 1.82) is 0 Å². The molecule has 1 aliphatic rings. The Kier molecular flexibility index (Phi) is 6.66. The van der Waals surface area contributed by atoms with Crippen molar-refractivity contribution in [3.05, 3.63) is 36.0 Å². The van der Waals surface area contributed by atoms with Gasteiger partial charge in [0.25, 0.3) is 0 Å². The van der Waals surface area contributed by atoms with Gasteiger partial charge in [-0.05, 0) is 56.9 Å². The van der Waals surface area contributed by atoms with Gasteiger partial charge in [-0.15, -0.1) is 0 Å². The predicted molar refractivity (Wildman–Crippen MR) is 108 cm³/mol. The largest absolute Gasteiger partial charge is 0.385 e. The molecule has 2 N–H and O–H groups in total. The van der Waals surface area contributed by atoms with Gasteiger partial charge in [0, 0.05) is 56.5 Å². The number of rotatable bonds is 8. The van der Waals surface area contributed by atoms with Crippen LogP contribution in [0.4, 0.5) is 23.1 Å². The van der Waals surface area contributed by atoms with Crippen LogP contribution in [0.3, 0.4) is 0 Å². The van der Waals surface area contributed by atoms with Crippen LogP contribution in [-0.4, -0.2) is 43.3 Å². The third-order valence-electron chi connectivity index (χ3n) is 4.52. The monoisotopic (exact) mass is 355 g/mol. The molecule has 140 valence electrons. The molecule has 0 saturated carbocycles. The standard InChI is InChI=1S/C20H29N5O/c1-16-15-19(24-20(22-16)21-11-6-14-26-2)23-17-7-9-18(10-8-17)25-12-4-3-5-13-25/h7-10,15H,3-6,11-14H2,1-2H3,(H2,21,22,23,24). The molecule has 0 radical (unpaired) electrons. The van der Waals surface area contributed by atoms with E-state index >= 15 is 0 Å². The van der Waals surface area contributed by atoms with Crippen molar-refractivity contribution in [2.75, 3.05) is 48.9 Å². The van der Waals surface area contributed by atoms with Gasteiger partial charge in [-0.3, -0.25) is 0 Å². The van der Waals surface area contributed by atoms with Crippen LogP contribution in [0.1, 0.15) is 31.4 Å². The van der Waals surface area contributed by atoms with E-state index in [9.17, 15) is 0 Å². The van der Waals surface area contributed by atoms with Gasteiger partial charge in [-0.1, -0.05) is 0 Å². The summed E-state index contributed by atoms with van der Waals surface area (Å²) in [6.07, 6.45) is 4.86. The molecule has 2 heterocycles. The Balaban J connectivity index is 1.61. The van der Waals surface area contributed by atoms with Crippen LogP contribution in [0.5, 0.6) is 0 Å². The van der Waals surface area contributed by atoms with E-state index in [-0.39, 0.29) is 0 Å². The lowest BCUT2D eigenvalue weighted by Gasteiger charge is -2.28. The predicted octanol–water partition coefficient (Wildman–Crippen LogP) is 3.97. The number of methoxy groups -OCH3 is 1. The molecule has 0 bridgehead atoms. The molecular formula is C20H29N5O. The molecule has 0 amide bonds. The number of piperidine rings is 1. The number of ether oxygens (including phenoxy) is 1. The molecule has 1 saturated heterocycles. The summed E-state index contributed by atoms with van der Waals surface area (Å²) in [7, 11) is 1.71. The van der Waals surface area contributed by atoms with Crippen LogP contribution < -0.4 is 15.5 Å². The van der Waals surface area contributed by atoms with Crippen molar-refractivity contribution >= 4 is 23.1 Å². The second kappa shape index (κ2) is 9.38. The van der Waals surface area contributed by atoms with Crippen molar-refractivity contribution in [1.82, 2.24) is 9.97 Å².